The van der Waals surface area contributed by atoms with Crippen molar-refractivity contribution in [3.8, 4) is 0 Å². The van der Waals surface area contributed by atoms with Gasteiger partial charge in [-0.2, -0.15) is 0 Å². The smallest absolute Gasteiger partial charge is 0.248 e. The minimum Gasteiger partial charge on any atom is -0.383 e. The molecule has 3 atom stereocenters. The molecule has 1 aromatic carbocycles. The monoisotopic (exact) mass is 386 g/mol. The second-order valence-electron chi connectivity index (χ2n) is 7.75. The number of piperidine rings is 1. The second kappa shape index (κ2) is 7.95. The molecule has 1 aliphatic heterocycles. The van der Waals surface area contributed by atoms with E-state index in [0.29, 0.717) is 30.6 Å². The summed E-state index contributed by atoms with van der Waals surface area (Å²) in [6.07, 6.45) is 3.33. The topological polar surface area (TPSA) is 82.7 Å². The summed E-state index contributed by atoms with van der Waals surface area (Å²) in [5.41, 5.74) is 6.15. The molecule has 0 saturated carbocycles. The SMILES string of the molecule is CC1[C@@H](N(C)C)[C@@](O)(c2cccc(C(N)=O)c2)CCN1Cc1cncc(F)c1. The maximum atomic E-state index is 13.5. The van der Waals surface area contributed by atoms with Crippen LogP contribution in [0.25, 0.3) is 0 Å². The number of benzene rings is 1. The lowest BCUT2D eigenvalue weighted by molar-refractivity contribution is -0.113. The molecule has 150 valence electrons. The summed E-state index contributed by atoms with van der Waals surface area (Å²) in [6.45, 7) is 3.23. The third kappa shape index (κ3) is 3.92. The molecule has 0 spiro atoms. The van der Waals surface area contributed by atoms with Gasteiger partial charge in [-0.15, -0.1) is 0 Å². The molecule has 1 unspecified atom stereocenters. The van der Waals surface area contributed by atoms with E-state index in [1.54, 1.807) is 24.4 Å². The average Bonchev–Trinajstić information content (AvgIpc) is 2.64. The van der Waals surface area contributed by atoms with Crippen LogP contribution < -0.4 is 5.73 Å². The summed E-state index contributed by atoms with van der Waals surface area (Å²) in [7, 11) is 3.86. The highest BCUT2D eigenvalue weighted by Crippen LogP contribution is 2.39. The third-order valence-corrected chi connectivity index (χ3v) is 5.65. The van der Waals surface area contributed by atoms with Gasteiger partial charge in [0.1, 0.15) is 11.4 Å². The first kappa shape index (κ1) is 20.4. The van der Waals surface area contributed by atoms with Crippen molar-refractivity contribution in [3.05, 3.63) is 65.2 Å². The van der Waals surface area contributed by atoms with Crippen molar-refractivity contribution in [2.24, 2.45) is 5.73 Å². The minimum absolute atomic E-state index is 0.0192. The number of primary amides is 1. The average molecular weight is 386 g/mol. The second-order valence-corrected chi connectivity index (χ2v) is 7.75. The number of halogens is 1. The van der Waals surface area contributed by atoms with Gasteiger partial charge in [0.05, 0.1) is 12.2 Å². The first-order valence-electron chi connectivity index (χ1n) is 9.35. The Bertz CT molecular complexity index is 860. The predicted molar refractivity (Wildman–Crippen MR) is 105 cm³/mol. The number of amides is 1. The Hall–Kier alpha value is -2.35. The van der Waals surface area contributed by atoms with Crippen molar-refractivity contribution in [3.63, 3.8) is 0 Å². The Morgan fingerprint density at radius 3 is 2.79 bits per heavy atom. The number of carbonyl (C=O) groups is 1. The zero-order chi connectivity index (χ0) is 20.5. The fraction of sp³-hybridized carbons (Fsp3) is 0.429. The Kier molecular flexibility index (Phi) is 5.79. The Labute approximate surface area is 164 Å². The fourth-order valence-corrected chi connectivity index (χ4v) is 4.38. The van der Waals surface area contributed by atoms with Crippen LogP contribution in [0.3, 0.4) is 0 Å². The van der Waals surface area contributed by atoms with E-state index in [4.69, 9.17) is 5.73 Å². The molecule has 1 amide bonds. The zero-order valence-corrected chi connectivity index (χ0v) is 16.5. The number of nitrogens with zero attached hydrogens (tertiary/aromatic N) is 3. The first-order valence-corrected chi connectivity index (χ1v) is 9.35. The molecule has 6 nitrogen and oxygen atoms in total. The van der Waals surface area contributed by atoms with Crippen LogP contribution in [0.15, 0.2) is 42.7 Å². The number of pyridine rings is 1. The summed E-state index contributed by atoms with van der Waals surface area (Å²) in [5, 5.41) is 11.7. The lowest BCUT2D eigenvalue weighted by Crippen LogP contribution is -2.63. The van der Waals surface area contributed by atoms with Gasteiger partial charge < -0.3 is 15.7 Å². The van der Waals surface area contributed by atoms with Gasteiger partial charge >= 0.3 is 0 Å². The van der Waals surface area contributed by atoms with Crippen molar-refractivity contribution in [1.29, 1.82) is 0 Å². The van der Waals surface area contributed by atoms with Gasteiger partial charge in [0.25, 0.3) is 0 Å². The summed E-state index contributed by atoms with van der Waals surface area (Å²) < 4.78 is 13.5. The highest BCUT2D eigenvalue weighted by molar-refractivity contribution is 5.92. The normalized spacial score (nSPS) is 25.8. The van der Waals surface area contributed by atoms with Gasteiger partial charge in [-0.1, -0.05) is 12.1 Å². The standard InChI is InChI=1S/C21H27FN4O2/c1-14-19(25(2)3)21(28,17-6-4-5-16(10-17)20(23)27)7-8-26(14)13-15-9-18(22)12-24-11-15/h4-6,9-12,14,19,28H,7-8,13H2,1-3H3,(H2,23,27)/t14?,19-,21+/m1/s1. The molecule has 1 saturated heterocycles. The van der Waals surface area contributed by atoms with Crippen LogP contribution in [0.1, 0.15) is 34.8 Å². The Balaban J connectivity index is 1.91. The molecule has 2 heterocycles. The first-order chi connectivity index (χ1) is 13.2. The van der Waals surface area contributed by atoms with Crippen molar-refractivity contribution < 1.29 is 14.3 Å². The number of likely N-dealkylation sites (N-methyl/N-ethyl adjacent to an activating group) is 1. The van der Waals surface area contributed by atoms with Gasteiger partial charge in [0, 0.05) is 30.9 Å². The van der Waals surface area contributed by atoms with Gasteiger partial charge in [-0.3, -0.25) is 14.7 Å². The van der Waals surface area contributed by atoms with Crippen LogP contribution in [-0.2, 0) is 12.1 Å². The van der Waals surface area contributed by atoms with Crippen molar-refractivity contribution in [2.45, 2.75) is 37.6 Å². The summed E-state index contributed by atoms with van der Waals surface area (Å²) in [4.78, 5) is 19.7. The van der Waals surface area contributed by atoms with E-state index < -0.39 is 11.5 Å². The predicted octanol–water partition coefficient (Wildman–Crippen LogP) is 1.73. The summed E-state index contributed by atoms with van der Waals surface area (Å²) >= 11 is 0. The molecular weight excluding hydrogens is 359 g/mol. The number of rotatable bonds is 5. The lowest BCUT2D eigenvalue weighted by atomic mass is 9.75. The lowest BCUT2D eigenvalue weighted by Gasteiger charge is -2.52. The summed E-state index contributed by atoms with van der Waals surface area (Å²) in [5.74, 6) is -0.873. The molecule has 28 heavy (non-hydrogen) atoms. The largest absolute Gasteiger partial charge is 0.383 e. The highest BCUT2D eigenvalue weighted by atomic mass is 19.1. The quantitative estimate of drug-likeness (QED) is 0.818. The summed E-state index contributed by atoms with van der Waals surface area (Å²) in [6, 6.07) is 8.14. The van der Waals surface area contributed by atoms with Gasteiger partial charge in [0.15, 0.2) is 0 Å². The van der Waals surface area contributed by atoms with E-state index in [1.807, 2.05) is 25.1 Å². The molecule has 1 aliphatic rings. The van der Waals surface area contributed by atoms with E-state index in [2.05, 4.69) is 16.8 Å². The van der Waals surface area contributed by atoms with E-state index >= 15 is 0 Å². The molecule has 0 radical (unpaired) electrons. The molecule has 3 rings (SSSR count). The molecule has 2 aromatic rings. The fourth-order valence-electron chi connectivity index (χ4n) is 4.38. The number of aromatic nitrogens is 1. The highest BCUT2D eigenvalue weighted by Gasteiger charge is 2.48. The van der Waals surface area contributed by atoms with Crippen LogP contribution in [0, 0.1) is 5.82 Å². The number of aliphatic hydroxyl groups is 1. The zero-order valence-electron chi connectivity index (χ0n) is 16.5. The maximum Gasteiger partial charge on any atom is 0.248 e. The van der Waals surface area contributed by atoms with E-state index in [1.165, 1.54) is 12.3 Å². The van der Waals surface area contributed by atoms with Crippen LogP contribution >= 0.6 is 0 Å². The number of hydrogen-bond donors (Lipinski definition) is 2. The minimum atomic E-state index is -1.13. The van der Waals surface area contributed by atoms with E-state index in [9.17, 15) is 14.3 Å². The van der Waals surface area contributed by atoms with Gasteiger partial charge in [0.2, 0.25) is 5.91 Å². The van der Waals surface area contributed by atoms with Gasteiger partial charge in [-0.25, -0.2) is 4.39 Å². The van der Waals surface area contributed by atoms with Crippen molar-refractivity contribution in [2.75, 3.05) is 20.6 Å². The van der Waals surface area contributed by atoms with Crippen LogP contribution in [0.5, 0.6) is 0 Å². The molecule has 0 aliphatic carbocycles. The van der Waals surface area contributed by atoms with Crippen LogP contribution in [0.2, 0.25) is 0 Å². The Morgan fingerprint density at radius 2 is 2.14 bits per heavy atom. The molecule has 7 heteroatoms. The number of nitrogens with two attached hydrogens (primary N) is 1. The van der Waals surface area contributed by atoms with Crippen LogP contribution in [-0.4, -0.2) is 58.5 Å². The number of likely N-dealkylation sites (tertiary alicyclic amines) is 1. The van der Waals surface area contributed by atoms with Crippen LogP contribution in [0.4, 0.5) is 4.39 Å². The Morgan fingerprint density at radius 1 is 1.39 bits per heavy atom. The molecule has 0 bridgehead atoms. The molecule has 3 N–H and O–H groups in total. The van der Waals surface area contributed by atoms with Crippen molar-refractivity contribution >= 4 is 5.91 Å². The maximum absolute atomic E-state index is 13.5. The van der Waals surface area contributed by atoms with E-state index in [0.717, 1.165) is 5.56 Å². The third-order valence-electron chi connectivity index (χ3n) is 5.65. The molecular formula is C21H27FN4O2. The van der Waals surface area contributed by atoms with Crippen molar-refractivity contribution in [1.82, 2.24) is 14.8 Å². The molecule has 1 fully saturated rings. The van der Waals surface area contributed by atoms with E-state index in [-0.39, 0.29) is 17.9 Å². The molecule has 1 aromatic heterocycles. The van der Waals surface area contributed by atoms with Gasteiger partial charge in [-0.05, 0) is 56.8 Å². The number of hydrogen-bond acceptors (Lipinski definition) is 5. The number of carbonyl (C=O) groups excluding carboxylic acids is 1.